The van der Waals surface area contributed by atoms with E-state index in [1.165, 1.54) is 0 Å². The molecule has 8 nitrogen and oxygen atoms in total. The molecular formula is C22H28N6O2. The van der Waals surface area contributed by atoms with Crippen LogP contribution in [0.3, 0.4) is 0 Å². The van der Waals surface area contributed by atoms with Gasteiger partial charge in [-0.1, -0.05) is 19.1 Å². The number of nitrogens with zero attached hydrogens (tertiary/aromatic N) is 3. The van der Waals surface area contributed by atoms with Crippen molar-refractivity contribution in [1.82, 2.24) is 15.6 Å². The molecule has 30 heavy (non-hydrogen) atoms. The molecule has 3 heterocycles. The van der Waals surface area contributed by atoms with Gasteiger partial charge in [-0.25, -0.2) is 9.98 Å². The number of H-pyrrole nitrogens is 1. The van der Waals surface area contributed by atoms with E-state index in [0.717, 1.165) is 48.5 Å². The Morgan fingerprint density at radius 2 is 2.27 bits per heavy atom. The highest BCUT2D eigenvalue weighted by molar-refractivity contribution is 6.02. The standard InChI is InChI=1S/C22H28N6O2/c1-14-3-2-9-24-20(14)27-18-13-15-8-10-25-22(30)19(15)21(28-18)26-17-6-4-16(5-7-17)23-11-12-29/h2,6,8-10,14,18,29H,3-5,7,11-13H2,1H3,(H,24,27)(H,25,30)(H,26,28). The van der Waals surface area contributed by atoms with Crippen LogP contribution in [0.4, 0.5) is 0 Å². The van der Waals surface area contributed by atoms with Crippen LogP contribution in [0.2, 0.25) is 0 Å². The summed E-state index contributed by atoms with van der Waals surface area (Å²) in [5.74, 6) is 1.83. The minimum Gasteiger partial charge on any atom is -0.394 e. The molecule has 0 aromatic carbocycles. The number of aliphatic hydroxyl groups excluding tert-OH is 1. The lowest BCUT2D eigenvalue weighted by atomic mass is 9.99. The van der Waals surface area contributed by atoms with E-state index in [2.05, 4.69) is 39.7 Å². The van der Waals surface area contributed by atoms with Crippen LogP contribution < -0.4 is 16.2 Å². The van der Waals surface area contributed by atoms with E-state index in [-0.39, 0.29) is 18.3 Å². The molecule has 158 valence electrons. The first-order valence-corrected chi connectivity index (χ1v) is 10.5. The fourth-order valence-electron chi connectivity index (χ4n) is 3.91. The summed E-state index contributed by atoms with van der Waals surface area (Å²) in [6, 6.07) is 1.94. The predicted molar refractivity (Wildman–Crippen MR) is 119 cm³/mol. The number of aliphatic hydroxyl groups is 1. The van der Waals surface area contributed by atoms with Crippen molar-refractivity contribution in [2.75, 3.05) is 13.2 Å². The fraction of sp³-hybridized carbons (Fsp3) is 0.455. The zero-order valence-corrected chi connectivity index (χ0v) is 17.2. The smallest absolute Gasteiger partial charge is 0.259 e. The van der Waals surface area contributed by atoms with Crippen LogP contribution in [0.15, 0.2) is 56.1 Å². The van der Waals surface area contributed by atoms with Crippen molar-refractivity contribution in [1.29, 1.82) is 0 Å². The molecular weight excluding hydrogens is 380 g/mol. The lowest BCUT2D eigenvalue weighted by Crippen LogP contribution is -2.38. The highest BCUT2D eigenvalue weighted by Gasteiger charge is 2.25. The third-order valence-corrected chi connectivity index (χ3v) is 5.54. The van der Waals surface area contributed by atoms with E-state index in [1.54, 1.807) is 6.20 Å². The average Bonchev–Trinajstić information content (AvgIpc) is 2.75. The van der Waals surface area contributed by atoms with Crippen molar-refractivity contribution in [3.8, 4) is 0 Å². The molecule has 2 unspecified atom stereocenters. The molecule has 2 atom stereocenters. The van der Waals surface area contributed by atoms with Gasteiger partial charge in [0.15, 0.2) is 0 Å². The number of hydrogen-bond acceptors (Lipinski definition) is 6. The quantitative estimate of drug-likeness (QED) is 0.606. The number of hydrogen-bond donors (Lipinski definition) is 4. The fourth-order valence-corrected chi connectivity index (χ4v) is 3.91. The van der Waals surface area contributed by atoms with Gasteiger partial charge < -0.3 is 20.7 Å². The van der Waals surface area contributed by atoms with Crippen LogP contribution in [0.25, 0.3) is 0 Å². The Bertz CT molecular complexity index is 1000. The van der Waals surface area contributed by atoms with Gasteiger partial charge in [0, 0.05) is 36.4 Å². The van der Waals surface area contributed by atoms with Crippen molar-refractivity contribution in [3.63, 3.8) is 0 Å². The number of amidine groups is 2. The van der Waals surface area contributed by atoms with Gasteiger partial charge in [0.05, 0.1) is 18.7 Å². The van der Waals surface area contributed by atoms with Crippen LogP contribution in [-0.4, -0.2) is 46.8 Å². The number of nitrogens with one attached hydrogen (secondary N) is 3. The molecule has 3 aliphatic rings. The van der Waals surface area contributed by atoms with Crippen LogP contribution >= 0.6 is 0 Å². The molecule has 4 N–H and O–H groups in total. The van der Waals surface area contributed by atoms with Crippen molar-refractivity contribution in [2.45, 2.75) is 45.2 Å². The second kappa shape index (κ2) is 9.21. The van der Waals surface area contributed by atoms with Gasteiger partial charge in [0.25, 0.3) is 5.56 Å². The van der Waals surface area contributed by atoms with Gasteiger partial charge >= 0.3 is 0 Å². The van der Waals surface area contributed by atoms with Crippen molar-refractivity contribution < 1.29 is 5.11 Å². The van der Waals surface area contributed by atoms with Crippen molar-refractivity contribution in [2.24, 2.45) is 20.9 Å². The van der Waals surface area contributed by atoms with E-state index >= 15 is 0 Å². The SMILES string of the molecule is CC1CC=CNC1=NC1Cc2cc[nH]c(=O)c2C(NC2=CCC(=NCCO)CC2)=N1. The van der Waals surface area contributed by atoms with Crippen LogP contribution in [0.5, 0.6) is 0 Å². The molecule has 2 aliphatic heterocycles. The van der Waals surface area contributed by atoms with Crippen LogP contribution in [-0.2, 0) is 6.42 Å². The second-order valence-corrected chi connectivity index (χ2v) is 7.80. The molecule has 0 saturated heterocycles. The lowest BCUT2D eigenvalue weighted by molar-refractivity contribution is 0.306. The number of allylic oxidation sites excluding steroid dienone is 3. The number of fused-ring (bicyclic) bond motifs is 1. The summed E-state index contributed by atoms with van der Waals surface area (Å²) >= 11 is 0. The molecule has 1 aromatic rings. The highest BCUT2D eigenvalue weighted by Crippen LogP contribution is 2.21. The van der Waals surface area contributed by atoms with Crippen LogP contribution in [0.1, 0.15) is 43.7 Å². The van der Waals surface area contributed by atoms with E-state index in [1.807, 2.05) is 12.3 Å². The molecule has 0 saturated carbocycles. The summed E-state index contributed by atoms with van der Waals surface area (Å²) in [5, 5.41) is 15.6. The maximum absolute atomic E-state index is 12.5. The van der Waals surface area contributed by atoms with Gasteiger partial charge in [0.2, 0.25) is 0 Å². The average molecular weight is 409 g/mol. The predicted octanol–water partition coefficient (Wildman–Crippen LogP) is 1.64. The molecule has 0 spiro atoms. The Morgan fingerprint density at radius 1 is 1.37 bits per heavy atom. The molecule has 0 radical (unpaired) electrons. The zero-order valence-electron chi connectivity index (χ0n) is 17.2. The molecule has 8 heteroatoms. The van der Waals surface area contributed by atoms with Gasteiger partial charge in [0.1, 0.15) is 17.8 Å². The topological polar surface area (TPSA) is 114 Å². The van der Waals surface area contributed by atoms with E-state index in [0.29, 0.717) is 30.3 Å². The van der Waals surface area contributed by atoms with Gasteiger partial charge in [-0.05, 0) is 37.1 Å². The molecule has 1 aromatic heterocycles. The molecule has 4 rings (SSSR count). The summed E-state index contributed by atoms with van der Waals surface area (Å²) in [6.45, 7) is 2.66. The summed E-state index contributed by atoms with van der Waals surface area (Å²) < 4.78 is 0. The Hall–Kier alpha value is -3.00. The van der Waals surface area contributed by atoms with Crippen LogP contribution in [0, 0.1) is 5.92 Å². The Morgan fingerprint density at radius 3 is 3.03 bits per heavy atom. The van der Waals surface area contributed by atoms with Gasteiger partial charge in [-0.15, -0.1) is 0 Å². The number of rotatable bonds is 4. The summed E-state index contributed by atoms with van der Waals surface area (Å²) in [6.07, 6.45) is 11.5. The molecule has 0 amide bonds. The van der Waals surface area contributed by atoms with Crippen molar-refractivity contribution in [3.05, 3.63) is 57.8 Å². The minimum absolute atomic E-state index is 0.0713. The van der Waals surface area contributed by atoms with E-state index in [4.69, 9.17) is 15.1 Å². The van der Waals surface area contributed by atoms with Gasteiger partial charge in [-0.3, -0.25) is 9.79 Å². The monoisotopic (exact) mass is 408 g/mol. The number of aromatic amines is 1. The number of aromatic nitrogens is 1. The minimum atomic E-state index is -0.274. The highest BCUT2D eigenvalue weighted by atomic mass is 16.3. The Labute approximate surface area is 175 Å². The maximum Gasteiger partial charge on any atom is 0.259 e. The van der Waals surface area contributed by atoms with Crippen molar-refractivity contribution >= 4 is 17.4 Å². The largest absolute Gasteiger partial charge is 0.394 e. The second-order valence-electron chi connectivity index (χ2n) is 7.80. The van der Waals surface area contributed by atoms with E-state index < -0.39 is 0 Å². The summed E-state index contributed by atoms with van der Waals surface area (Å²) in [5.41, 5.74) is 3.53. The lowest BCUT2D eigenvalue weighted by Gasteiger charge is -2.25. The Balaban J connectivity index is 1.60. The Kier molecular flexibility index (Phi) is 6.23. The number of pyridine rings is 1. The first-order valence-electron chi connectivity index (χ1n) is 10.5. The zero-order chi connectivity index (χ0) is 20.9. The van der Waals surface area contributed by atoms with Gasteiger partial charge in [-0.2, -0.15) is 0 Å². The summed E-state index contributed by atoms with van der Waals surface area (Å²) in [7, 11) is 0. The normalized spacial score (nSPS) is 26.1. The first kappa shape index (κ1) is 20.3. The summed E-state index contributed by atoms with van der Waals surface area (Å²) in [4.78, 5) is 29.4. The third kappa shape index (κ3) is 4.59. The molecule has 1 aliphatic carbocycles. The first-order chi connectivity index (χ1) is 14.6. The third-order valence-electron chi connectivity index (χ3n) is 5.54. The number of aliphatic imine (C=N–C) groups is 3. The molecule has 0 bridgehead atoms. The van der Waals surface area contributed by atoms with E-state index in [9.17, 15) is 4.79 Å². The molecule has 0 fully saturated rings. The maximum atomic E-state index is 12.5.